The van der Waals surface area contributed by atoms with Crippen molar-refractivity contribution in [1.82, 2.24) is 0 Å². The van der Waals surface area contributed by atoms with Crippen molar-refractivity contribution in [2.45, 2.75) is 115 Å². The summed E-state index contributed by atoms with van der Waals surface area (Å²) >= 11 is 2.10. The van der Waals surface area contributed by atoms with Gasteiger partial charge in [-0.3, -0.25) is 0 Å². The Morgan fingerprint density at radius 2 is 0.865 bits per heavy atom. The van der Waals surface area contributed by atoms with Crippen molar-refractivity contribution in [1.29, 1.82) is 0 Å². The number of benzene rings is 4. The van der Waals surface area contributed by atoms with Crippen LogP contribution in [0.1, 0.15) is 101 Å². The Kier molecular flexibility index (Phi) is 10.6. The second-order valence-electron chi connectivity index (χ2n) is 10.6. The highest BCUT2D eigenvalue weighted by atomic mass is 32.2. The van der Waals surface area contributed by atoms with Gasteiger partial charge in [-0.05, 0) is 95.2 Å². The second kappa shape index (κ2) is 14.1. The van der Waals surface area contributed by atoms with Gasteiger partial charge in [-0.2, -0.15) is 0 Å². The number of unbranched alkanes of at least 4 members (excludes halogenated alkanes) is 4. The van der Waals surface area contributed by atoms with Crippen molar-refractivity contribution in [2.24, 2.45) is 0 Å². The lowest BCUT2D eigenvalue weighted by Crippen LogP contribution is -2.02. The average Bonchev–Trinajstić information content (AvgIpc) is 2.93. The molecule has 0 aromatic heterocycles. The Morgan fingerprint density at radius 3 is 1.27 bits per heavy atom. The number of hydrogen-bond donors (Lipinski definition) is 0. The van der Waals surface area contributed by atoms with Crippen LogP contribution in [0.25, 0.3) is 21.5 Å². The first kappa shape index (κ1) is 27.8. The van der Waals surface area contributed by atoms with Crippen LogP contribution in [-0.2, 0) is 25.7 Å². The molecule has 0 amide bonds. The molecule has 0 aliphatic rings. The quantitative estimate of drug-likeness (QED) is 0.162. The van der Waals surface area contributed by atoms with Crippen molar-refractivity contribution in [3.05, 3.63) is 82.9 Å². The summed E-state index contributed by atoms with van der Waals surface area (Å²) in [4.78, 5) is 3.04. The molecule has 0 saturated carbocycles. The molecule has 4 rings (SSSR count). The van der Waals surface area contributed by atoms with Crippen molar-refractivity contribution in [3.8, 4) is 0 Å². The van der Waals surface area contributed by atoms with E-state index < -0.39 is 0 Å². The van der Waals surface area contributed by atoms with Gasteiger partial charge in [0.25, 0.3) is 0 Å². The second-order valence-corrected chi connectivity index (χ2v) is 11.7. The maximum absolute atomic E-state index is 2.51. The van der Waals surface area contributed by atoms with Gasteiger partial charge in [0.15, 0.2) is 0 Å². The molecule has 4 aromatic rings. The summed E-state index contributed by atoms with van der Waals surface area (Å²) < 4.78 is 0. The zero-order valence-electron chi connectivity index (χ0n) is 23.7. The van der Waals surface area contributed by atoms with Crippen LogP contribution in [0.5, 0.6) is 0 Å². The molecule has 0 nitrogen and oxygen atoms in total. The number of rotatable bonds is 14. The third-order valence-corrected chi connectivity index (χ3v) is 9.10. The predicted molar refractivity (Wildman–Crippen MR) is 166 cm³/mol. The van der Waals surface area contributed by atoms with E-state index in [0.717, 1.165) is 0 Å². The molecule has 37 heavy (non-hydrogen) atoms. The predicted octanol–water partition coefficient (Wildman–Crippen LogP) is 11.5. The maximum atomic E-state index is 2.51. The largest absolute Gasteiger partial charge is 0.0882 e. The van der Waals surface area contributed by atoms with Crippen LogP contribution >= 0.6 is 11.8 Å². The van der Waals surface area contributed by atoms with Gasteiger partial charge in [0, 0.05) is 9.79 Å². The SMILES string of the molecule is CCCCc1cc2ccccc2c(Sc2c(CCCC)c(CCCC)cc3ccccc23)c1CCCC. The van der Waals surface area contributed by atoms with Gasteiger partial charge >= 0.3 is 0 Å². The smallest absolute Gasteiger partial charge is 0.0235 e. The lowest BCUT2D eigenvalue weighted by molar-refractivity contribution is 0.749. The van der Waals surface area contributed by atoms with Gasteiger partial charge in [-0.15, -0.1) is 0 Å². The molecule has 196 valence electrons. The van der Waals surface area contributed by atoms with Crippen LogP contribution in [0.4, 0.5) is 0 Å². The molecule has 0 aliphatic heterocycles. The van der Waals surface area contributed by atoms with Gasteiger partial charge in [0.1, 0.15) is 0 Å². The van der Waals surface area contributed by atoms with Crippen molar-refractivity contribution >= 4 is 33.3 Å². The molecule has 0 bridgehead atoms. The fraction of sp³-hybridized carbons (Fsp3) is 0.444. The van der Waals surface area contributed by atoms with Gasteiger partial charge in [0.2, 0.25) is 0 Å². The summed E-state index contributed by atoms with van der Waals surface area (Å²) in [6.45, 7) is 9.28. The molecule has 1 heteroatoms. The first-order valence-electron chi connectivity index (χ1n) is 15.0. The molecule has 0 saturated heterocycles. The summed E-state index contributed by atoms with van der Waals surface area (Å²) in [5, 5.41) is 5.67. The minimum Gasteiger partial charge on any atom is -0.0882 e. The number of aryl methyl sites for hydroxylation is 2. The van der Waals surface area contributed by atoms with Crippen molar-refractivity contribution in [3.63, 3.8) is 0 Å². The van der Waals surface area contributed by atoms with E-state index in [4.69, 9.17) is 0 Å². The molecule has 0 N–H and O–H groups in total. The van der Waals surface area contributed by atoms with Gasteiger partial charge < -0.3 is 0 Å². The fourth-order valence-corrected chi connectivity index (χ4v) is 7.11. The topological polar surface area (TPSA) is 0 Å². The zero-order valence-corrected chi connectivity index (χ0v) is 24.5. The molecular formula is C36H46S. The molecule has 0 unspecified atom stereocenters. The van der Waals surface area contributed by atoms with Gasteiger partial charge in [0.05, 0.1) is 0 Å². The lowest BCUT2D eigenvalue weighted by atomic mass is 9.93. The van der Waals surface area contributed by atoms with E-state index in [-0.39, 0.29) is 0 Å². The minimum absolute atomic E-state index is 1.18. The zero-order chi connectivity index (χ0) is 26.0. The molecule has 0 spiro atoms. The number of fused-ring (bicyclic) bond motifs is 2. The first-order chi connectivity index (χ1) is 18.2. The number of hydrogen-bond acceptors (Lipinski definition) is 1. The van der Waals surface area contributed by atoms with E-state index in [9.17, 15) is 0 Å². The third-order valence-electron chi connectivity index (χ3n) is 7.76. The van der Waals surface area contributed by atoms with Crippen LogP contribution in [-0.4, -0.2) is 0 Å². The van der Waals surface area contributed by atoms with E-state index in [0.29, 0.717) is 0 Å². The van der Waals surface area contributed by atoms with Gasteiger partial charge in [-0.1, -0.05) is 126 Å². The lowest BCUT2D eigenvalue weighted by Gasteiger charge is -2.22. The summed E-state index contributed by atoms with van der Waals surface area (Å²) in [7, 11) is 0. The fourth-order valence-electron chi connectivity index (χ4n) is 5.60. The Hall–Kier alpha value is -2.25. The Morgan fingerprint density at radius 1 is 0.486 bits per heavy atom. The highest BCUT2D eigenvalue weighted by Crippen LogP contribution is 2.45. The van der Waals surface area contributed by atoms with Crippen LogP contribution in [0, 0.1) is 0 Å². The highest BCUT2D eigenvalue weighted by molar-refractivity contribution is 8.00. The van der Waals surface area contributed by atoms with E-state index in [2.05, 4.69) is 100 Å². The molecule has 0 fully saturated rings. The Labute approximate surface area is 230 Å². The molecule has 0 radical (unpaired) electrons. The Balaban J connectivity index is 1.97. The van der Waals surface area contributed by atoms with Gasteiger partial charge in [-0.25, -0.2) is 0 Å². The average molecular weight is 511 g/mol. The van der Waals surface area contributed by atoms with Crippen LogP contribution in [0.15, 0.2) is 70.5 Å². The molecule has 0 atom stereocenters. The van der Waals surface area contributed by atoms with Crippen molar-refractivity contribution < 1.29 is 0 Å². The van der Waals surface area contributed by atoms with E-state index in [1.807, 2.05) is 0 Å². The molecule has 0 aliphatic carbocycles. The maximum Gasteiger partial charge on any atom is 0.0235 e. The summed E-state index contributed by atoms with van der Waals surface area (Å²) in [6, 6.07) is 23.3. The molecule has 0 heterocycles. The minimum atomic E-state index is 1.18. The standard InChI is InChI=1S/C36H46S/c1-5-9-17-27-25-29-19-13-15-23-33(29)35(31(27)21-11-7-3)37-36-32(22-12-8-4)28(18-10-6-2)26-30-20-14-16-24-34(30)36/h13-16,19-20,23-26H,5-12,17-18,21-22H2,1-4H3. The van der Waals surface area contributed by atoms with Crippen LogP contribution in [0.3, 0.4) is 0 Å². The summed E-state index contributed by atoms with van der Waals surface area (Å²) in [6.07, 6.45) is 14.7. The Bertz CT molecular complexity index is 1200. The summed E-state index contributed by atoms with van der Waals surface area (Å²) in [5.41, 5.74) is 6.39. The highest BCUT2D eigenvalue weighted by Gasteiger charge is 2.19. The van der Waals surface area contributed by atoms with Crippen molar-refractivity contribution in [2.75, 3.05) is 0 Å². The normalized spacial score (nSPS) is 11.6. The first-order valence-corrected chi connectivity index (χ1v) is 15.8. The van der Waals surface area contributed by atoms with E-state index in [1.165, 1.54) is 108 Å². The molecular weight excluding hydrogens is 464 g/mol. The third kappa shape index (κ3) is 6.61. The molecule has 4 aromatic carbocycles. The monoisotopic (exact) mass is 510 g/mol. The van der Waals surface area contributed by atoms with E-state index >= 15 is 0 Å². The van der Waals surface area contributed by atoms with Crippen LogP contribution in [0.2, 0.25) is 0 Å². The van der Waals surface area contributed by atoms with Crippen LogP contribution < -0.4 is 0 Å². The summed E-state index contributed by atoms with van der Waals surface area (Å²) in [5.74, 6) is 0. The van der Waals surface area contributed by atoms with E-state index in [1.54, 1.807) is 22.3 Å².